The first kappa shape index (κ1) is 7.29. The summed E-state index contributed by atoms with van der Waals surface area (Å²) in [5.74, 6) is 0.942. The van der Waals surface area contributed by atoms with Crippen molar-refractivity contribution in [2.24, 2.45) is 0 Å². The van der Waals surface area contributed by atoms with Gasteiger partial charge < -0.3 is 0 Å². The molecule has 2 nitrogen and oxygen atoms in total. The van der Waals surface area contributed by atoms with Crippen molar-refractivity contribution in [3.8, 4) is 0 Å². The van der Waals surface area contributed by atoms with Crippen LogP contribution >= 0.6 is 20.0 Å². The van der Waals surface area contributed by atoms with Gasteiger partial charge in [0, 0.05) is 0 Å². The molecule has 0 aliphatic carbocycles. The summed E-state index contributed by atoms with van der Waals surface area (Å²) in [6, 6.07) is 0. The molecule has 1 rings (SSSR count). The first-order valence-electron chi connectivity index (χ1n) is 2.22. The maximum absolute atomic E-state index is 8.99. The van der Waals surface area contributed by atoms with E-state index in [1.54, 1.807) is 20.0 Å². The van der Waals surface area contributed by atoms with Gasteiger partial charge in [-0.2, -0.15) is 0 Å². The fraction of sp³-hybridized carbons (Fsp3) is 1.00. The molecule has 1 heterocycles. The van der Waals surface area contributed by atoms with Gasteiger partial charge in [0.2, 0.25) is 0 Å². The van der Waals surface area contributed by atoms with Crippen molar-refractivity contribution < 1.29 is 9.20 Å². The molecule has 2 unspecified atom stereocenters. The second kappa shape index (κ2) is 3.37. The van der Waals surface area contributed by atoms with Gasteiger partial charge >= 0.3 is 59.5 Å². The van der Waals surface area contributed by atoms with E-state index in [-0.39, 0.29) is 6.61 Å². The summed E-state index contributed by atoms with van der Waals surface area (Å²) >= 11 is -1.51. The third-order valence-corrected chi connectivity index (χ3v) is 10.9. The fourth-order valence-electron chi connectivity index (χ4n) is 0.421. The molecular formula is C3H7AsO2S2. The van der Waals surface area contributed by atoms with Gasteiger partial charge in [-0.3, -0.25) is 0 Å². The summed E-state index contributed by atoms with van der Waals surface area (Å²) in [5.41, 5.74) is 0. The number of aliphatic hydroxyl groups is 1. The van der Waals surface area contributed by atoms with Gasteiger partial charge in [0.25, 0.3) is 0 Å². The van der Waals surface area contributed by atoms with Crippen LogP contribution in [-0.2, 0) is 0 Å². The summed E-state index contributed by atoms with van der Waals surface area (Å²) in [6.45, 7) is 0.226. The molecule has 0 radical (unpaired) electrons. The molecular weight excluding hydrogens is 207 g/mol. The number of aliphatic hydroxyl groups excluding tert-OH is 1. The summed E-state index contributed by atoms with van der Waals surface area (Å²) < 4.78 is 8.99. The van der Waals surface area contributed by atoms with Crippen molar-refractivity contribution in [2.75, 3.05) is 12.4 Å². The molecule has 0 aromatic carbocycles. The van der Waals surface area contributed by atoms with Crippen molar-refractivity contribution in [1.82, 2.24) is 0 Å². The Morgan fingerprint density at radius 2 is 2.50 bits per heavy atom. The molecule has 0 aromatic rings. The van der Waals surface area contributed by atoms with Gasteiger partial charge in [-0.25, -0.2) is 0 Å². The van der Waals surface area contributed by atoms with Crippen LogP contribution in [0.2, 0.25) is 0 Å². The molecule has 8 heavy (non-hydrogen) atoms. The molecule has 5 heteroatoms. The molecule has 0 bridgehead atoms. The Bertz CT molecular complexity index is 81.7. The summed E-state index contributed by atoms with van der Waals surface area (Å²) in [5, 5.41) is 8.89. The predicted octanol–water partition coefficient (Wildman–Crippen LogP) is -0.195. The topological polar surface area (TPSA) is 40.5 Å². The second-order valence-corrected chi connectivity index (χ2v) is 11.7. The van der Waals surface area contributed by atoms with Crippen molar-refractivity contribution in [3.05, 3.63) is 0 Å². The third-order valence-electron chi connectivity index (χ3n) is 0.814. The third kappa shape index (κ3) is 1.85. The minimum atomic E-state index is -1.51. The first-order valence-corrected chi connectivity index (χ1v) is 9.44. The molecule has 1 saturated heterocycles. The van der Waals surface area contributed by atoms with E-state index in [1.807, 2.05) is 0 Å². The molecule has 0 spiro atoms. The average Bonchev–Trinajstić information content (AvgIpc) is 2.14. The standard InChI is InChI=1S/C3H7AsO2S2/c5-1-3-2-7-4(6)8-3/h3,5-6H,1-2H2. The van der Waals surface area contributed by atoms with E-state index in [0.717, 1.165) is 5.75 Å². The van der Waals surface area contributed by atoms with Gasteiger partial charge in [0.05, 0.1) is 0 Å². The molecule has 1 aliphatic rings. The van der Waals surface area contributed by atoms with E-state index in [0.29, 0.717) is 5.25 Å². The van der Waals surface area contributed by atoms with E-state index in [1.165, 1.54) is 0 Å². The number of hydrogen-bond donors (Lipinski definition) is 2. The Kier molecular flexibility index (Phi) is 3.07. The van der Waals surface area contributed by atoms with Crippen LogP contribution in [0.15, 0.2) is 0 Å². The van der Waals surface area contributed by atoms with Gasteiger partial charge in [0.1, 0.15) is 0 Å². The fourth-order valence-corrected chi connectivity index (χ4v) is 11.6. The second-order valence-electron chi connectivity index (χ2n) is 1.44. The zero-order valence-corrected chi connectivity index (χ0v) is 7.66. The Morgan fingerprint density at radius 3 is 2.75 bits per heavy atom. The van der Waals surface area contributed by atoms with E-state index >= 15 is 0 Å². The SMILES string of the molecule is OCC1CS[As](O)S1. The van der Waals surface area contributed by atoms with Crippen LogP contribution in [0.4, 0.5) is 0 Å². The van der Waals surface area contributed by atoms with Gasteiger partial charge in [-0.1, -0.05) is 0 Å². The van der Waals surface area contributed by atoms with Crippen molar-refractivity contribution in [2.45, 2.75) is 5.25 Å². The summed E-state index contributed by atoms with van der Waals surface area (Å²) in [6.07, 6.45) is 0. The van der Waals surface area contributed by atoms with Crippen LogP contribution in [0.5, 0.6) is 0 Å². The number of hydrogen-bond acceptors (Lipinski definition) is 4. The molecule has 2 atom stereocenters. The molecule has 1 aliphatic heterocycles. The molecule has 2 N–H and O–H groups in total. The Labute approximate surface area is 59.6 Å². The van der Waals surface area contributed by atoms with Crippen molar-refractivity contribution in [3.63, 3.8) is 0 Å². The predicted molar refractivity (Wildman–Crippen MR) is 38.9 cm³/mol. The van der Waals surface area contributed by atoms with Crippen LogP contribution < -0.4 is 0 Å². The van der Waals surface area contributed by atoms with Crippen molar-refractivity contribution >= 4 is 32.7 Å². The zero-order chi connectivity index (χ0) is 5.98. The van der Waals surface area contributed by atoms with Crippen LogP contribution in [0.3, 0.4) is 0 Å². The minimum absolute atomic E-state index is 0.226. The average molecular weight is 214 g/mol. The molecule has 0 amide bonds. The summed E-state index contributed by atoms with van der Waals surface area (Å²) in [7, 11) is 3.21. The Hall–Kier alpha value is 1.18. The van der Waals surface area contributed by atoms with Gasteiger partial charge in [-0.05, 0) is 0 Å². The molecule has 1 fully saturated rings. The molecule has 0 saturated carbocycles. The zero-order valence-electron chi connectivity index (χ0n) is 4.15. The Balaban J connectivity index is 2.22. The molecule has 0 aromatic heterocycles. The van der Waals surface area contributed by atoms with Crippen LogP contribution in [-0.4, -0.2) is 39.5 Å². The maximum atomic E-state index is 8.99. The van der Waals surface area contributed by atoms with Crippen LogP contribution in [0.25, 0.3) is 0 Å². The summed E-state index contributed by atoms with van der Waals surface area (Å²) in [4.78, 5) is 0. The Morgan fingerprint density at radius 1 is 1.75 bits per heavy atom. The van der Waals surface area contributed by atoms with E-state index in [2.05, 4.69) is 0 Å². The van der Waals surface area contributed by atoms with Gasteiger partial charge in [-0.15, -0.1) is 0 Å². The van der Waals surface area contributed by atoms with E-state index in [4.69, 9.17) is 9.20 Å². The van der Waals surface area contributed by atoms with E-state index in [9.17, 15) is 0 Å². The first-order chi connectivity index (χ1) is 3.83. The quantitative estimate of drug-likeness (QED) is 0.593. The molecule has 48 valence electrons. The monoisotopic (exact) mass is 214 g/mol. The van der Waals surface area contributed by atoms with Gasteiger partial charge in [0.15, 0.2) is 0 Å². The number of rotatable bonds is 1. The van der Waals surface area contributed by atoms with E-state index < -0.39 is 12.7 Å². The van der Waals surface area contributed by atoms with Crippen molar-refractivity contribution in [1.29, 1.82) is 0 Å². The van der Waals surface area contributed by atoms with Crippen LogP contribution in [0, 0.1) is 0 Å². The normalized spacial score (nSPS) is 38.2. The van der Waals surface area contributed by atoms with Crippen LogP contribution in [0.1, 0.15) is 0 Å².